The molecular weight excluding hydrogens is 252 g/mol. The van der Waals surface area contributed by atoms with Crippen molar-refractivity contribution in [2.75, 3.05) is 0 Å². The molecule has 2 saturated carbocycles. The first-order valence-electron chi connectivity index (χ1n) is 9.62. The van der Waals surface area contributed by atoms with Crippen molar-refractivity contribution in [3.63, 3.8) is 0 Å². The average molecular weight is 293 g/mol. The highest BCUT2D eigenvalue weighted by Crippen LogP contribution is 2.54. The molecule has 0 heterocycles. The lowest BCUT2D eigenvalue weighted by Gasteiger charge is -2.46. The minimum absolute atomic E-state index is 0.500. The normalized spacial score (nSPS) is 38.3. The fourth-order valence-corrected chi connectivity index (χ4v) is 6.26. The van der Waals surface area contributed by atoms with Crippen molar-refractivity contribution in [3.8, 4) is 0 Å². The molecule has 0 amide bonds. The lowest BCUT2D eigenvalue weighted by Crippen LogP contribution is -2.36. The van der Waals surface area contributed by atoms with E-state index in [0.29, 0.717) is 16.2 Å². The first-order valence-corrected chi connectivity index (χ1v) is 9.62. The zero-order valence-corrected chi connectivity index (χ0v) is 15.7. The van der Waals surface area contributed by atoms with Gasteiger partial charge in [-0.15, -0.1) is 0 Å². The van der Waals surface area contributed by atoms with E-state index in [9.17, 15) is 0 Å². The molecule has 0 saturated heterocycles. The van der Waals surface area contributed by atoms with Crippen LogP contribution in [-0.2, 0) is 0 Å². The van der Waals surface area contributed by atoms with Crippen molar-refractivity contribution in [3.05, 3.63) is 0 Å². The topological polar surface area (TPSA) is 0 Å². The van der Waals surface area contributed by atoms with E-state index >= 15 is 0 Å². The summed E-state index contributed by atoms with van der Waals surface area (Å²) in [5.41, 5.74) is 1.61. The molecule has 0 heteroatoms. The Morgan fingerprint density at radius 3 is 1.95 bits per heavy atom. The zero-order chi connectivity index (χ0) is 15.7. The van der Waals surface area contributed by atoms with Crippen LogP contribution in [0.25, 0.3) is 0 Å². The number of rotatable bonds is 1. The summed E-state index contributed by atoms with van der Waals surface area (Å²) in [6.45, 7) is 15.3. The van der Waals surface area contributed by atoms with Gasteiger partial charge in [-0.1, -0.05) is 67.2 Å². The van der Waals surface area contributed by atoms with Crippen molar-refractivity contribution in [2.24, 2.45) is 28.1 Å². The molecule has 0 aliphatic heterocycles. The molecule has 0 aromatic heterocycles. The van der Waals surface area contributed by atoms with Gasteiger partial charge in [0.15, 0.2) is 0 Å². The van der Waals surface area contributed by atoms with Crippen LogP contribution in [0.1, 0.15) is 106 Å². The van der Waals surface area contributed by atoms with E-state index in [4.69, 9.17) is 0 Å². The minimum Gasteiger partial charge on any atom is -0.0625 e. The van der Waals surface area contributed by atoms with Gasteiger partial charge in [-0.3, -0.25) is 0 Å². The third-order valence-corrected chi connectivity index (χ3v) is 6.56. The molecule has 2 unspecified atom stereocenters. The SMILES string of the molecule is CC1CCC(C)(C)CC(C)(C)CC(C)(C2CCCCC2)C1. The van der Waals surface area contributed by atoms with Crippen LogP contribution >= 0.6 is 0 Å². The van der Waals surface area contributed by atoms with E-state index in [1.807, 2.05) is 0 Å². The summed E-state index contributed by atoms with van der Waals surface area (Å²) in [4.78, 5) is 0. The molecular formula is C21H40. The highest BCUT2D eigenvalue weighted by molar-refractivity contribution is 4.93. The van der Waals surface area contributed by atoms with Crippen LogP contribution in [0.2, 0.25) is 0 Å². The first-order chi connectivity index (χ1) is 9.62. The Morgan fingerprint density at radius 1 is 0.714 bits per heavy atom. The van der Waals surface area contributed by atoms with Crippen molar-refractivity contribution in [1.29, 1.82) is 0 Å². The second-order valence-corrected chi connectivity index (χ2v) is 10.5. The van der Waals surface area contributed by atoms with Gasteiger partial charge in [0.2, 0.25) is 0 Å². The average Bonchev–Trinajstić information content (AvgIpc) is 2.37. The number of hydrogen-bond donors (Lipinski definition) is 0. The standard InChI is InChI=1S/C21H40/c1-17-12-13-19(2,3)15-20(4,5)16-21(6,14-17)18-10-8-7-9-11-18/h17-18H,7-16H2,1-6H3. The van der Waals surface area contributed by atoms with Crippen molar-refractivity contribution in [2.45, 2.75) is 106 Å². The van der Waals surface area contributed by atoms with Crippen molar-refractivity contribution >= 4 is 0 Å². The van der Waals surface area contributed by atoms with Gasteiger partial charge in [0.1, 0.15) is 0 Å². The van der Waals surface area contributed by atoms with Crippen molar-refractivity contribution in [1.82, 2.24) is 0 Å². The molecule has 0 nitrogen and oxygen atoms in total. The maximum atomic E-state index is 2.65. The van der Waals surface area contributed by atoms with E-state index < -0.39 is 0 Å². The summed E-state index contributed by atoms with van der Waals surface area (Å²) in [5.74, 6) is 1.90. The largest absolute Gasteiger partial charge is 0.0625 e. The molecule has 0 radical (unpaired) electrons. The molecule has 124 valence electrons. The molecule has 21 heavy (non-hydrogen) atoms. The van der Waals surface area contributed by atoms with Gasteiger partial charge in [0, 0.05) is 0 Å². The maximum Gasteiger partial charge on any atom is -0.0290 e. The third-order valence-electron chi connectivity index (χ3n) is 6.56. The van der Waals surface area contributed by atoms with Gasteiger partial charge in [0.25, 0.3) is 0 Å². The van der Waals surface area contributed by atoms with Gasteiger partial charge in [-0.05, 0) is 66.6 Å². The van der Waals surface area contributed by atoms with Gasteiger partial charge >= 0.3 is 0 Å². The van der Waals surface area contributed by atoms with Crippen LogP contribution in [0.3, 0.4) is 0 Å². The first kappa shape index (κ1) is 17.4. The molecule has 0 spiro atoms. The van der Waals surface area contributed by atoms with Crippen molar-refractivity contribution < 1.29 is 0 Å². The lowest BCUT2D eigenvalue weighted by atomic mass is 9.59. The lowest BCUT2D eigenvalue weighted by molar-refractivity contribution is 0.0429. The van der Waals surface area contributed by atoms with E-state index in [0.717, 1.165) is 11.8 Å². The van der Waals surface area contributed by atoms with Gasteiger partial charge in [-0.25, -0.2) is 0 Å². The summed E-state index contributed by atoms with van der Waals surface area (Å²) in [6.07, 6.45) is 14.6. The Hall–Kier alpha value is 0. The van der Waals surface area contributed by atoms with E-state index in [1.165, 1.54) is 64.2 Å². The molecule has 0 bridgehead atoms. The van der Waals surface area contributed by atoms with Crippen LogP contribution in [0.4, 0.5) is 0 Å². The van der Waals surface area contributed by atoms with Gasteiger partial charge in [0.05, 0.1) is 0 Å². The van der Waals surface area contributed by atoms with E-state index in [1.54, 1.807) is 0 Å². The molecule has 2 aliphatic carbocycles. The predicted molar refractivity (Wildman–Crippen MR) is 94.5 cm³/mol. The predicted octanol–water partition coefficient (Wildman–Crippen LogP) is 7.23. The van der Waals surface area contributed by atoms with Crippen LogP contribution in [0.15, 0.2) is 0 Å². The van der Waals surface area contributed by atoms with Crippen LogP contribution in [0.5, 0.6) is 0 Å². The Balaban J connectivity index is 2.22. The maximum absolute atomic E-state index is 2.65. The Kier molecular flexibility index (Phi) is 5.16. The summed E-state index contributed by atoms with van der Waals surface area (Å²) in [7, 11) is 0. The Labute approximate surface area is 134 Å². The summed E-state index contributed by atoms with van der Waals surface area (Å²) >= 11 is 0. The summed E-state index contributed by atoms with van der Waals surface area (Å²) in [5, 5.41) is 0. The van der Waals surface area contributed by atoms with E-state index in [-0.39, 0.29) is 0 Å². The second-order valence-electron chi connectivity index (χ2n) is 10.5. The highest BCUT2D eigenvalue weighted by Gasteiger charge is 2.42. The fraction of sp³-hybridized carbons (Fsp3) is 1.00. The van der Waals surface area contributed by atoms with Crippen LogP contribution < -0.4 is 0 Å². The molecule has 0 aromatic rings. The third kappa shape index (κ3) is 4.73. The van der Waals surface area contributed by atoms with Gasteiger partial charge < -0.3 is 0 Å². The van der Waals surface area contributed by atoms with Crippen LogP contribution in [0, 0.1) is 28.1 Å². The van der Waals surface area contributed by atoms with Gasteiger partial charge in [-0.2, -0.15) is 0 Å². The molecule has 2 aliphatic rings. The van der Waals surface area contributed by atoms with E-state index in [2.05, 4.69) is 41.5 Å². The summed E-state index contributed by atoms with van der Waals surface area (Å²) in [6, 6.07) is 0. The molecule has 2 fully saturated rings. The van der Waals surface area contributed by atoms with Crippen LogP contribution in [-0.4, -0.2) is 0 Å². The highest BCUT2D eigenvalue weighted by atomic mass is 14.5. The Morgan fingerprint density at radius 2 is 1.33 bits per heavy atom. The smallest absolute Gasteiger partial charge is 0.0290 e. The molecule has 0 N–H and O–H groups in total. The second kappa shape index (κ2) is 6.25. The Bertz CT molecular complexity index is 332. The molecule has 2 rings (SSSR count). The molecule has 2 atom stereocenters. The monoisotopic (exact) mass is 292 g/mol. The zero-order valence-electron chi connectivity index (χ0n) is 15.7. The number of hydrogen-bond acceptors (Lipinski definition) is 0. The minimum atomic E-state index is 0.500. The summed E-state index contributed by atoms with van der Waals surface area (Å²) < 4.78 is 0. The quantitative estimate of drug-likeness (QED) is 0.478. The fourth-order valence-electron chi connectivity index (χ4n) is 6.26. The molecule has 0 aromatic carbocycles.